The number of ether oxygens (including phenoxy) is 2. The summed E-state index contributed by atoms with van der Waals surface area (Å²) in [5, 5.41) is 13.4. The first-order chi connectivity index (χ1) is 11.6. The van der Waals surface area contributed by atoms with Gasteiger partial charge in [-0.15, -0.1) is 0 Å². The van der Waals surface area contributed by atoms with Crippen LogP contribution in [-0.2, 0) is 6.54 Å². The molecule has 0 saturated carbocycles. The van der Waals surface area contributed by atoms with Crippen molar-refractivity contribution >= 4 is 0 Å². The number of benzene rings is 2. The van der Waals surface area contributed by atoms with Crippen molar-refractivity contribution in [2.45, 2.75) is 39.3 Å². The van der Waals surface area contributed by atoms with Crippen LogP contribution in [0.4, 0.5) is 0 Å². The first-order valence-corrected chi connectivity index (χ1v) is 8.46. The summed E-state index contributed by atoms with van der Waals surface area (Å²) in [6.45, 7) is 5.66. The number of unbranched alkanes of at least 4 members (excludes halogenated alkanes) is 1. The highest BCUT2D eigenvalue weighted by Crippen LogP contribution is 2.28. The lowest BCUT2D eigenvalue weighted by molar-refractivity contribution is 0.309. The minimum atomic E-state index is 0.0144. The first kappa shape index (κ1) is 18.1. The third kappa shape index (κ3) is 5.17. The molecular formula is C20H27NO3. The van der Waals surface area contributed by atoms with E-state index < -0.39 is 0 Å². The zero-order chi connectivity index (χ0) is 17.4. The predicted octanol–water partition coefficient (Wildman–Crippen LogP) is 4.43. The fraction of sp³-hybridized carbons (Fsp3) is 0.400. The Morgan fingerprint density at radius 1 is 1.08 bits per heavy atom. The van der Waals surface area contributed by atoms with E-state index in [4.69, 9.17) is 9.47 Å². The summed E-state index contributed by atoms with van der Waals surface area (Å²) in [5.41, 5.74) is 2.00. The molecule has 0 spiro atoms. The van der Waals surface area contributed by atoms with Gasteiger partial charge in [-0.2, -0.15) is 0 Å². The molecule has 2 rings (SSSR count). The molecule has 130 valence electrons. The van der Waals surface area contributed by atoms with Crippen molar-refractivity contribution < 1.29 is 14.6 Å². The van der Waals surface area contributed by atoms with Crippen LogP contribution in [0.3, 0.4) is 0 Å². The van der Waals surface area contributed by atoms with E-state index in [-0.39, 0.29) is 11.8 Å². The Bertz CT molecular complexity index is 625. The van der Waals surface area contributed by atoms with Crippen molar-refractivity contribution in [3.63, 3.8) is 0 Å². The van der Waals surface area contributed by atoms with Gasteiger partial charge in [0.1, 0.15) is 17.2 Å². The second-order valence-electron chi connectivity index (χ2n) is 5.87. The number of phenolic OH excluding ortho intramolecular Hbond substituents is 1. The number of hydrogen-bond donors (Lipinski definition) is 2. The Morgan fingerprint density at radius 3 is 2.46 bits per heavy atom. The number of methoxy groups -OCH3 is 1. The minimum absolute atomic E-state index is 0.0144. The van der Waals surface area contributed by atoms with Gasteiger partial charge in [0.05, 0.1) is 13.7 Å². The van der Waals surface area contributed by atoms with E-state index in [0.29, 0.717) is 6.54 Å². The van der Waals surface area contributed by atoms with E-state index in [9.17, 15) is 5.11 Å². The fourth-order valence-electron chi connectivity index (χ4n) is 2.43. The summed E-state index contributed by atoms with van der Waals surface area (Å²) in [5.74, 6) is 1.92. The van der Waals surface area contributed by atoms with E-state index in [1.165, 1.54) is 5.56 Å². The summed E-state index contributed by atoms with van der Waals surface area (Å²) in [6, 6.07) is 13.4. The SMILES string of the molecule is CCCCOc1ccc(CN[C@H](C)c2cc(OC)ccc2O)cc1. The van der Waals surface area contributed by atoms with Crippen LogP contribution in [-0.4, -0.2) is 18.8 Å². The highest BCUT2D eigenvalue weighted by Gasteiger charge is 2.11. The quantitative estimate of drug-likeness (QED) is 0.668. The summed E-state index contributed by atoms with van der Waals surface area (Å²) in [4.78, 5) is 0. The molecule has 0 amide bonds. The molecule has 0 aliphatic rings. The molecule has 0 unspecified atom stereocenters. The molecule has 2 aromatic carbocycles. The van der Waals surface area contributed by atoms with Crippen molar-refractivity contribution in [2.75, 3.05) is 13.7 Å². The number of aromatic hydroxyl groups is 1. The highest BCUT2D eigenvalue weighted by molar-refractivity contribution is 5.41. The van der Waals surface area contributed by atoms with E-state index >= 15 is 0 Å². The summed E-state index contributed by atoms with van der Waals surface area (Å²) >= 11 is 0. The van der Waals surface area contributed by atoms with Crippen LogP contribution in [0.2, 0.25) is 0 Å². The average molecular weight is 329 g/mol. The summed E-state index contributed by atoms with van der Waals surface area (Å²) in [7, 11) is 1.62. The third-order valence-corrected chi connectivity index (χ3v) is 4.00. The molecule has 24 heavy (non-hydrogen) atoms. The highest BCUT2D eigenvalue weighted by atomic mass is 16.5. The molecule has 0 fully saturated rings. The maximum atomic E-state index is 10.0. The lowest BCUT2D eigenvalue weighted by Gasteiger charge is -2.17. The van der Waals surface area contributed by atoms with Crippen LogP contribution >= 0.6 is 0 Å². The van der Waals surface area contributed by atoms with Gasteiger partial charge in [-0.3, -0.25) is 0 Å². The van der Waals surface area contributed by atoms with Gasteiger partial charge in [0.2, 0.25) is 0 Å². The summed E-state index contributed by atoms with van der Waals surface area (Å²) in [6.07, 6.45) is 2.21. The Morgan fingerprint density at radius 2 is 1.79 bits per heavy atom. The fourth-order valence-corrected chi connectivity index (χ4v) is 2.43. The van der Waals surface area contributed by atoms with Crippen molar-refractivity contribution in [3.05, 3.63) is 53.6 Å². The molecule has 2 N–H and O–H groups in total. The number of rotatable bonds is 9. The van der Waals surface area contributed by atoms with Gasteiger partial charge in [-0.1, -0.05) is 25.5 Å². The van der Waals surface area contributed by atoms with E-state index in [0.717, 1.165) is 36.5 Å². The van der Waals surface area contributed by atoms with E-state index in [2.05, 4.69) is 24.4 Å². The van der Waals surface area contributed by atoms with E-state index in [1.807, 2.05) is 25.1 Å². The van der Waals surface area contributed by atoms with Gasteiger partial charge in [0.15, 0.2) is 0 Å². The second-order valence-corrected chi connectivity index (χ2v) is 5.87. The molecule has 0 saturated heterocycles. The van der Waals surface area contributed by atoms with Crippen LogP contribution in [0, 0.1) is 0 Å². The molecular weight excluding hydrogens is 302 g/mol. The molecule has 0 bridgehead atoms. The van der Waals surface area contributed by atoms with E-state index in [1.54, 1.807) is 19.2 Å². The Labute approximate surface area is 144 Å². The number of nitrogens with one attached hydrogen (secondary N) is 1. The maximum Gasteiger partial charge on any atom is 0.120 e. The van der Waals surface area contributed by atoms with Crippen LogP contribution in [0.1, 0.15) is 43.9 Å². The Balaban J connectivity index is 1.90. The Hall–Kier alpha value is -2.20. The van der Waals surface area contributed by atoms with Crippen molar-refractivity contribution in [2.24, 2.45) is 0 Å². The molecule has 1 atom stereocenters. The van der Waals surface area contributed by atoms with Gasteiger partial charge >= 0.3 is 0 Å². The third-order valence-electron chi connectivity index (χ3n) is 4.00. The van der Waals surface area contributed by atoms with Crippen LogP contribution < -0.4 is 14.8 Å². The van der Waals surface area contributed by atoms with Gasteiger partial charge < -0.3 is 19.9 Å². The summed E-state index contributed by atoms with van der Waals surface area (Å²) < 4.78 is 10.9. The predicted molar refractivity (Wildman–Crippen MR) is 96.8 cm³/mol. The molecule has 0 aliphatic carbocycles. The van der Waals surface area contributed by atoms with Gasteiger partial charge in [-0.05, 0) is 49.2 Å². The van der Waals surface area contributed by atoms with Crippen molar-refractivity contribution in [3.8, 4) is 17.2 Å². The van der Waals surface area contributed by atoms with Gasteiger partial charge in [-0.25, -0.2) is 0 Å². The molecule has 4 heteroatoms. The molecule has 4 nitrogen and oxygen atoms in total. The number of phenols is 1. The molecule has 2 aromatic rings. The van der Waals surface area contributed by atoms with Gasteiger partial charge in [0.25, 0.3) is 0 Å². The first-order valence-electron chi connectivity index (χ1n) is 8.46. The molecule has 0 heterocycles. The van der Waals surface area contributed by atoms with Gasteiger partial charge in [0, 0.05) is 18.2 Å². The minimum Gasteiger partial charge on any atom is -0.508 e. The monoisotopic (exact) mass is 329 g/mol. The smallest absolute Gasteiger partial charge is 0.120 e. The standard InChI is InChI=1S/C20H27NO3/c1-4-5-12-24-17-8-6-16(7-9-17)14-21-15(2)19-13-18(23-3)10-11-20(19)22/h6-11,13,15,21-22H,4-5,12,14H2,1-3H3/t15-/m1/s1. The normalized spacial score (nSPS) is 12.0. The van der Waals surface area contributed by atoms with Crippen molar-refractivity contribution in [1.82, 2.24) is 5.32 Å². The molecule has 0 aromatic heterocycles. The largest absolute Gasteiger partial charge is 0.508 e. The second kappa shape index (κ2) is 9.18. The lowest BCUT2D eigenvalue weighted by atomic mass is 10.1. The zero-order valence-corrected chi connectivity index (χ0v) is 14.7. The van der Waals surface area contributed by atoms with Crippen LogP contribution in [0.15, 0.2) is 42.5 Å². The van der Waals surface area contributed by atoms with Crippen LogP contribution in [0.25, 0.3) is 0 Å². The number of hydrogen-bond acceptors (Lipinski definition) is 4. The molecule has 0 radical (unpaired) electrons. The topological polar surface area (TPSA) is 50.7 Å². The van der Waals surface area contributed by atoms with Crippen molar-refractivity contribution in [1.29, 1.82) is 0 Å². The maximum absolute atomic E-state index is 10.0. The Kier molecular flexibility index (Phi) is 6.94. The molecule has 0 aliphatic heterocycles. The van der Waals surface area contributed by atoms with Crippen LogP contribution in [0.5, 0.6) is 17.2 Å². The lowest BCUT2D eigenvalue weighted by Crippen LogP contribution is -2.18. The zero-order valence-electron chi connectivity index (χ0n) is 14.7. The average Bonchev–Trinajstić information content (AvgIpc) is 2.61.